The van der Waals surface area contributed by atoms with E-state index in [1.165, 1.54) is 36.4 Å². The van der Waals surface area contributed by atoms with Gasteiger partial charge in [0.2, 0.25) is 0 Å². The molecule has 10 heteroatoms. The Bertz CT molecular complexity index is 1260. The van der Waals surface area contributed by atoms with Gasteiger partial charge in [-0.1, -0.05) is 28.1 Å². The van der Waals surface area contributed by atoms with E-state index in [1.54, 1.807) is 18.3 Å². The van der Waals surface area contributed by atoms with Crippen LogP contribution in [0.2, 0.25) is 0 Å². The second-order valence-electron chi connectivity index (χ2n) is 7.53. The highest BCUT2D eigenvalue weighted by atomic mass is 79.9. The van der Waals surface area contributed by atoms with E-state index in [1.807, 2.05) is 24.3 Å². The first-order chi connectivity index (χ1) is 16.4. The number of nitrogens with zero attached hydrogens (tertiary/aromatic N) is 2. The van der Waals surface area contributed by atoms with E-state index < -0.39 is 15.9 Å². The number of ether oxygens (including phenoxy) is 1. The molecule has 176 valence electrons. The molecule has 1 aliphatic heterocycles. The summed E-state index contributed by atoms with van der Waals surface area (Å²) in [7, 11) is -3.72. The van der Waals surface area contributed by atoms with Gasteiger partial charge in [-0.05, 0) is 66.2 Å². The highest BCUT2D eigenvalue weighted by Crippen LogP contribution is 2.19. The molecule has 1 fully saturated rings. The van der Waals surface area contributed by atoms with Gasteiger partial charge in [0.25, 0.3) is 15.9 Å². The lowest BCUT2D eigenvalue weighted by molar-refractivity contribution is 0.0955. The highest BCUT2D eigenvalue weighted by molar-refractivity contribution is 9.10. The lowest BCUT2D eigenvalue weighted by Gasteiger charge is -2.28. The largest absolute Gasteiger partial charge is 0.378 e. The first kappa shape index (κ1) is 23.9. The zero-order valence-electron chi connectivity index (χ0n) is 18.1. The van der Waals surface area contributed by atoms with Crippen LogP contribution in [0.1, 0.15) is 15.9 Å². The van der Waals surface area contributed by atoms with Crippen molar-refractivity contribution >= 4 is 49.4 Å². The van der Waals surface area contributed by atoms with Crippen molar-refractivity contribution in [2.24, 2.45) is 5.10 Å². The molecule has 1 aliphatic rings. The second kappa shape index (κ2) is 10.8. The van der Waals surface area contributed by atoms with Gasteiger partial charge in [0.05, 0.1) is 24.3 Å². The molecule has 0 aliphatic carbocycles. The molecular weight excluding hydrogens is 520 g/mol. The van der Waals surface area contributed by atoms with Gasteiger partial charge in [-0.25, -0.2) is 13.8 Å². The van der Waals surface area contributed by atoms with Crippen LogP contribution in [0.3, 0.4) is 0 Å². The Balaban J connectivity index is 1.32. The van der Waals surface area contributed by atoms with Gasteiger partial charge in [-0.15, -0.1) is 0 Å². The molecule has 0 unspecified atom stereocenters. The summed E-state index contributed by atoms with van der Waals surface area (Å²) in [6, 6.07) is 20.3. The average Bonchev–Trinajstić information content (AvgIpc) is 2.85. The number of hydrogen-bond acceptors (Lipinski definition) is 6. The Hall–Kier alpha value is -3.21. The van der Waals surface area contributed by atoms with Gasteiger partial charge in [0, 0.05) is 34.5 Å². The Labute approximate surface area is 206 Å². The van der Waals surface area contributed by atoms with E-state index in [0.29, 0.717) is 11.3 Å². The number of halogens is 1. The summed E-state index contributed by atoms with van der Waals surface area (Å²) in [5.74, 6) is -0.400. The predicted molar refractivity (Wildman–Crippen MR) is 136 cm³/mol. The maximum Gasteiger partial charge on any atom is 0.271 e. The summed E-state index contributed by atoms with van der Waals surface area (Å²) in [4.78, 5) is 14.8. The quantitative estimate of drug-likeness (QED) is 0.349. The number of morpholine rings is 1. The molecule has 0 atom stereocenters. The van der Waals surface area contributed by atoms with Crippen LogP contribution in [0.5, 0.6) is 0 Å². The first-order valence-electron chi connectivity index (χ1n) is 10.6. The van der Waals surface area contributed by atoms with Gasteiger partial charge in [0.1, 0.15) is 0 Å². The molecule has 0 spiro atoms. The summed E-state index contributed by atoms with van der Waals surface area (Å²) >= 11 is 3.28. The minimum atomic E-state index is -3.72. The number of carbonyl (C=O) groups is 1. The average molecular weight is 543 g/mol. The second-order valence-corrected chi connectivity index (χ2v) is 10.1. The summed E-state index contributed by atoms with van der Waals surface area (Å²) in [5, 5.41) is 4.02. The number of nitrogens with one attached hydrogen (secondary N) is 2. The molecule has 2 N–H and O–H groups in total. The fourth-order valence-corrected chi connectivity index (χ4v) is 4.66. The zero-order valence-corrected chi connectivity index (χ0v) is 20.6. The van der Waals surface area contributed by atoms with Crippen LogP contribution in [0, 0.1) is 0 Å². The molecular formula is C24H23BrN4O4S. The predicted octanol–water partition coefficient (Wildman–Crippen LogP) is 3.85. The van der Waals surface area contributed by atoms with Crippen LogP contribution in [-0.4, -0.2) is 46.8 Å². The molecule has 1 saturated heterocycles. The van der Waals surface area contributed by atoms with Gasteiger partial charge in [0.15, 0.2) is 0 Å². The smallest absolute Gasteiger partial charge is 0.271 e. The van der Waals surface area contributed by atoms with Crippen LogP contribution >= 0.6 is 15.9 Å². The molecule has 34 heavy (non-hydrogen) atoms. The molecule has 1 amide bonds. The number of amides is 1. The van der Waals surface area contributed by atoms with Crippen LogP contribution < -0.4 is 15.0 Å². The molecule has 4 rings (SSSR count). The highest BCUT2D eigenvalue weighted by Gasteiger charge is 2.14. The van der Waals surface area contributed by atoms with Crippen molar-refractivity contribution in [3.05, 3.63) is 88.4 Å². The molecule has 0 radical (unpaired) electrons. The van der Waals surface area contributed by atoms with Crippen molar-refractivity contribution in [2.45, 2.75) is 4.90 Å². The Kier molecular flexibility index (Phi) is 7.61. The van der Waals surface area contributed by atoms with Crippen LogP contribution in [0.4, 0.5) is 11.4 Å². The number of rotatable bonds is 7. The molecule has 0 bridgehead atoms. The standard InChI is InChI=1S/C24H23BrN4O4S/c25-20-5-11-23(12-6-20)34(31,32)28-21-7-3-19(4-8-21)24(30)27-26-17-18-1-9-22(10-2-18)29-13-15-33-16-14-29/h1-12,17,28H,13-16H2,(H,27,30). The van der Waals surface area contributed by atoms with E-state index in [2.05, 4.69) is 36.1 Å². The van der Waals surface area contributed by atoms with E-state index in [0.717, 1.165) is 42.0 Å². The fraction of sp³-hybridized carbons (Fsp3) is 0.167. The topological polar surface area (TPSA) is 100 Å². The molecule has 0 aromatic heterocycles. The third-order valence-corrected chi connectivity index (χ3v) is 7.10. The van der Waals surface area contributed by atoms with Gasteiger partial charge in [-0.2, -0.15) is 5.10 Å². The molecule has 3 aromatic rings. The molecule has 1 heterocycles. The molecule has 8 nitrogen and oxygen atoms in total. The minimum Gasteiger partial charge on any atom is -0.378 e. The minimum absolute atomic E-state index is 0.143. The normalized spacial score (nSPS) is 14.2. The Morgan fingerprint density at radius 3 is 2.24 bits per heavy atom. The van der Waals surface area contributed by atoms with E-state index in [9.17, 15) is 13.2 Å². The number of anilines is 2. The third-order valence-electron chi connectivity index (χ3n) is 5.17. The van der Waals surface area contributed by atoms with E-state index >= 15 is 0 Å². The maximum absolute atomic E-state index is 12.5. The SMILES string of the molecule is O=C(NN=Cc1ccc(N2CCOCC2)cc1)c1ccc(NS(=O)(=O)c2ccc(Br)cc2)cc1. The van der Waals surface area contributed by atoms with Gasteiger partial charge < -0.3 is 9.64 Å². The summed E-state index contributed by atoms with van der Waals surface area (Å²) in [5.41, 5.74) is 5.17. The third kappa shape index (κ3) is 6.22. The summed E-state index contributed by atoms with van der Waals surface area (Å²) in [6.45, 7) is 3.20. The maximum atomic E-state index is 12.5. The van der Waals surface area contributed by atoms with Gasteiger partial charge >= 0.3 is 0 Å². The molecule has 3 aromatic carbocycles. The number of carbonyl (C=O) groups excluding carboxylic acids is 1. The van der Waals surface area contributed by atoms with Crippen LogP contribution in [-0.2, 0) is 14.8 Å². The number of sulfonamides is 1. The van der Waals surface area contributed by atoms with E-state index in [4.69, 9.17) is 4.74 Å². The number of hydrazone groups is 1. The zero-order chi connectivity index (χ0) is 24.0. The van der Waals surface area contributed by atoms with Crippen molar-refractivity contribution in [3.63, 3.8) is 0 Å². The van der Waals surface area contributed by atoms with Crippen molar-refractivity contribution in [1.82, 2.24) is 5.43 Å². The Morgan fingerprint density at radius 1 is 0.941 bits per heavy atom. The fourth-order valence-electron chi connectivity index (χ4n) is 3.34. The summed E-state index contributed by atoms with van der Waals surface area (Å²) < 4.78 is 33.6. The van der Waals surface area contributed by atoms with Crippen molar-refractivity contribution in [3.8, 4) is 0 Å². The Morgan fingerprint density at radius 2 is 1.59 bits per heavy atom. The first-order valence-corrected chi connectivity index (χ1v) is 12.8. The van der Waals surface area contributed by atoms with Crippen molar-refractivity contribution in [1.29, 1.82) is 0 Å². The number of benzene rings is 3. The van der Waals surface area contributed by atoms with E-state index in [-0.39, 0.29) is 4.90 Å². The summed E-state index contributed by atoms with van der Waals surface area (Å²) in [6.07, 6.45) is 1.57. The lowest BCUT2D eigenvalue weighted by Crippen LogP contribution is -2.36. The van der Waals surface area contributed by atoms with Crippen molar-refractivity contribution in [2.75, 3.05) is 35.9 Å². The van der Waals surface area contributed by atoms with Gasteiger partial charge in [-0.3, -0.25) is 9.52 Å². The number of hydrogen-bond donors (Lipinski definition) is 2. The van der Waals surface area contributed by atoms with Crippen LogP contribution in [0.25, 0.3) is 0 Å². The lowest BCUT2D eigenvalue weighted by atomic mass is 10.2. The molecule has 0 saturated carbocycles. The van der Waals surface area contributed by atoms with Crippen molar-refractivity contribution < 1.29 is 17.9 Å². The van der Waals surface area contributed by atoms with Crippen LogP contribution in [0.15, 0.2) is 87.3 Å². The monoisotopic (exact) mass is 542 g/mol.